The van der Waals surface area contributed by atoms with E-state index in [1.54, 1.807) is 0 Å². The van der Waals surface area contributed by atoms with Gasteiger partial charge in [0.15, 0.2) is 0 Å². The van der Waals surface area contributed by atoms with E-state index in [0.717, 1.165) is 31.2 Å². The zero-order valence-electron chi connectivity index (χ0n) is 17.3. The Morgan fingerprint density at radius 1 is 1.07 bits per heavy atom. The Kier molecular flexibility index (Phi) is 11.1. The molecule has 0 aliphatic heterocycles. The molecule has 0 saturated carbocycles. The summed E-state index contributed by atoms with van der Waals surface area (Å²) in [6.45, 7) is 4.90. The molecule has 27 heavy (non-hydrogen) atoms. The lowest BCUT2D eigenvalue weighted by atomic mass is 9.88. The third-order valence-corrected chi connectivity index (χ3v) is 6.07. The molecule has 0 amide bonds. The molecular formula is C21H37NO4S. The van der Waals surface area contributed by atoms with Gasteiger partial charge in [0.1, 0.15) is 6.10 Å². The van der Waals surface area contributed by atoms with Gasteiger partial charge in [-0.15, -0.1) is 0 Å². The van der Waals surface area contributed by atoms with Crippen LogP contribution in [0.1, 0.15) is 64.0 Å². The van der Waals surface area contributed by atoms with Crippen LogP contribution in [0.5, 0.6) is 0 Å². The van der Waals surface area contributed by atoms with Gasteiger partial charge in [0.25, 0.3) is 10.1 Å². The Balaban J connectivity index is 2.88. The minimum Gasteiger partial charge on any atom is -0.393 e. The second-order valence-corrected chi connectivity index (χ2v) is 9.27. The molecule has 5 nitrogen and oxygen atoms in total. The number of aliphatic hydroxyl groups excluding tert-OH is 1. The molecule has 1 aromatic rings. The third-order valence-electron chi connectivity index (χ3n) is 4.75. The number of hydrogen-bond acceptors (Lipinski definition) is 5. The number of aliphatic hydroxyl groups is 1. The van der Waals surface area contributed by atoms with E-state index in [1.807, 2.05) is 49.3 Å². The summed E-state index contributed by atoms with van der Waals surface area (Å²) in [5.74, 6) is 0.157. The number of nitrogens with zero attached hydrogens (tertiary/aromatic N) is 1. The SMILES string of the molecule is CCCC(CCC)C(O)CC(OS(=O)(=O)CCCN(C)C)c1ccccc1. The van der Waals surface area contributed by atoms with Crippen LogP contribution >= 0.6 is 0 Å². The van der Waals surface area contributed by atoms with E-state index in [1.165, 1.54) is 0 Å². The quantitative estimate of drug-likeness (QED) is 0.479. The van der Waals surface area contributed by atoms with Crippen LogP contribution < -0.4 is 0 Å². The van der Waals surface area contributed by atoms with Gasteiger partial charge in [-0.05, 0) is 51.4 Å². The van der Waals surface area contributed by atoms with E-state index >= 15 is 0 Å². The molecule has 1 N–H and O–H groups in total. The highest BCUT2D eigenvalue weighted by molar-refractivity contribution is 7.86. The van der Waals surface area contributed by atoms with Crippen molar-refractivity contribution in [3.05, 3.63) is 35.9 Å². The molecule has 0 spiro atoms. The topological polar surface area (TPSA) is 66.8 Å². The van der Waals surface area contributed by atoms with Gasteiger partial charge in [-0.2, -0.15) is 8.42 Å². The number of benzene rings is 1. The van der Waals surface area contributed by atoms with Gasteiger partial charge in [0, 0.05) is 6.42 Å². The van der Waals surface area contributed by atoms with Gasteiger partial charge >= 0.3 is 0 Å². The molecule has 0 aliphatic rings. The highest BCUT2D eigenvalue weighted by Gasteiger charge is 2.27. The normalized spacial score (nSPS) is 14.6. The molecule has 0 bridgehead atoms. The van der Waals surface area contributed by atoms with E-state index < -0.39 is 22.3 Å². The Morgan fingerprint density at radius 3 is 2.19 bits per heavy atom. The monoisotopic (exact) mass is 399 g/mol. The third kappa shape index (κ3) is 9.70. The summed E-state index contributed by atoms with van der Waals surface area (Å²) >= 11 is 0. The first kappa shape index (κ1) is 24.1. The Bertz CT molecular complexity index is 598. The molecule has 0 aliphatic carbocycles. The first-order valence-corrected chi connectivity index (χ1v) is 11.7. The lowest BCUT2D eigenvalue weighted by Crippen LogP contribution is -2.26. The first-order chi connectivity index (χ1) is 12.8. The Labute approximate surface area is 165 Å². The van der Waals surface area contributed by atoms with Crippen molar-refractivity contribution in [3.8, 4) is 0 Å². The zero-order valence-corrected chi connectivity index (χ0v) is 18.1. The van der Waals surface area contributed by atoms with Gasteiger partial charge in [-0.1, -0.05) is 57.0 Å². The summed E-state index contributed by atoms with van der Waals surface area (Å²) in [6.07, 6.45) is 3.46. The molecule has 0 aromatic heterocycles. The maximum Gasteiger partial charge on any atom is 0.267 e. The van der Waals surface area contributed by atoms with Crippen LogP contribution in [0.2, 0.25) is 0 Å². The molecule has 0 saturated heterocycles. The summed E-state index contributed by atoms with van der Waals surface area (Å²) < 4.78 is 30.5. The number of rotatable bonds is 14. The molecule has 0 fully saturated rings. The van der Waals surface area contributed by atoms with Crippen LogP contribution in [-0.4, -0.2) is 50.9 Å². The molecule has 0 radical (unpaired) electrons. The molecule has 2 unspecified atom stereocenters. The van der Waals surface area contributed by atoms with Crippen molar-refractivity contribution in [2.75, 3.05) is 26.4 Å². The largest absolute Gasteiger partial charge is 0.393 e. The van der Waals surface area contributed by atoms with Crippen molar-refractivity contribution in [1.29, 1.82) is 0 Å². The van der Waals surface area contributed by atoms with Crippen LogP contribution in [0.15, 0.2) is 30.3 Å². The average molecular weight is 400 g/mol. The van der Waals surface area contributed by atoms with Crippen molar-refractivity contribution < 1.29 is 17.7 Å². The van der Waals surface area contributed by atoms with E-state index in [2.05, 4.69) is 13.8 Å². The van der Waals surface area contributed by atoms with Gasteiger partial charge in [-0.3, -0.25) is 4.18 Å². The Morgan fingerprint density at radius 2 is 1.67 bits per heavy atom. The second kappa shape index (κ2) is 12.5. The minimum atomic E-state index is -3.66. The highest BCUT2D eigenvalue weighted by atomic mass is 32.2. The fourth-order valence-corrected chi connectivity index (χ4v) is 4.49. The van der Waals surface area contributed by atoms with Gasteiger partial charge in [0.05, 0.1) is 11.9 Å². The van der Waals surface area contributed by atoms with Gasteiger partial charge < -0.3 is 10.0 Å². The molecule has 0 heterocycles. The molecule has 6 heteroatoms. The van der Waals surface area contributed by atoms with Crippen molar-refractivity contribution >= 4 is 10.1 Å². The van der Waals surface area contributed by atoms with Crippen molar-refractivity contribution in [2.24, 2.45) is 5.92 Å². The summed E-state index contributed by atoms with van der Waals surface area (Å²) in [5.41, 5.74) is 0.791. The zero-order chi connectivity index (χ0) is 20.3. The van der Waals surface area contributed by atoms with Crippen LogP contribution in [0.4, 0.5) is 0 Å². The van der Waals surface area contributed by atoms with E-state index in [0.29, 0.717) is 19.4 Å². The molecule has 1 rings (SSSR count). The fraction of sp³-hybridized carbons (Fsp3) is 0.714. The van der Waals surface area contributed by atoms with Gasteiger partial charge in [-0.25, -0.2) is 0 Å². The molecular weight excluding hydrogens is 362 g/mol. The van der Waals surface area contributed by atoms with Crippen LogP contribution in [-0.2, 0) is 14.3 Å². The van der Waals surface area contributed by atoms with Crippen LogP contribution in [0, 0.1) is 5.92 Å². The molecule has 1 aromatic carbocycles. The van der Waals surface area contributed by atoms with E-state index in [9.17, 15) is 13.5 Å². The maximum absolute atomic E-state index is 12.5. The second-order valence-electron chi connectivity index (χ2n) is 7.55. The van der Waals surface area contributed by atoms with Crippen LogP contribution in [0.25, 0.3) is 0 Å². The number of hydrogen-bond donors (Lipinski definition) is 1. The lowest BCUT2D eigenvalue weighted by Gasteiger charge is -2.26. The van der Waals surface area contributed by atoms with E-state index in [-0.39, 0.29) is 11.7 Å². The molecule has 156 valence electrons. The van der Waals surface area contributed by atoms with Crippen molar-refractivity contribution in [2.45, 2.75) is 64.6 Å². The molecule has 2 atom stereocenters. The smallest absolute Gasteiger partial charge is 0.267 e. The van der Waals surface area contributed by atoms with Crippen LogP contribution in [0.3, 0.4) is 0 Å². The van der Waals surface area contributed by atoms with Gasteiger partial charge in [0.2, 0.25) is 0 Å². The lowest BCUT2D eigenvalue weighted by molar-refractivity contribution is 0.0475. The summed E-state index contributed by atoms with van der Waals surface area (Å²) in [5, 5.41) is 10.8. The predicted molar refractivity (Wildman–Crippen MR) is 111 cm³/mol. The summed E-state index contributed by atoms with van der Waals surface area (Å²) in [4.78, 5) is 1.95. The Hall–Kier alpha value is -0.950. The first-order valence-electron chi connectivity index (χ1n) is 10.1. The maximum atomic E-state index is 12.5. The van der Waals surface area contributed by atoms with E-state index in [4.69, 9.17) is 4.18 Å². The predicted octanol–water partition coefficient (Wildman–Crippen LogP) is 3.99. The standard InChI is InChI=1S/C21H37NO4S/c1-5-11-18(12-6-2)20(23)17-21(19-13-8-7-9-14-19)26-27(24,25)16-10-15-22(3)4/h7-9,13-14,18,20-21,23H,5-6,10-12,15-17H2,1-4H3. The van der Waals surface area contributed by atoms with Crippen molar-refractivity contribution in [3.63, 3.8) is 0 Å². The van der Waals surface area contributed by atoms with Crippen molar-refractivity contribution in [1.82, 2.24) is 4.90 Å². The minimum absolute atomic E-state index is 0.0159. The summed E-state index contributed by atoms with van der Waals surface area (Å²) in [7, 11) is 0.171. The highest BCUT2D eigenvalue weighted by Crippen LogP contribution is 2.30. The summed E-state index contributed by atoms with van der Waals surface area (Å²) in [6, 6.07) is 9.35. The fourth-order valence-electron chi connectivity index (χ4n) is 3.36. The average Bonchev–Trinajstić information content (AvgIpc) is 2.61.